The van der Waals surface area contributed by atoms with E-state index >= 15 is 0 Å². The number of thiophene rings is 1. The number of rotatable bonds is 12. The number of likely N-dealkylation sites (tertiary alicyclic amines) is 1. The van der Waals surface area contributed by atoms with Gasteiger partial charge in [0, 0.05) is 13.1 Å². The molecule has 39 heavy (non-hydrogen) atoms. The van der Waals surface area contributed by atoms with Crippen molar-refractivity contribution in [2.75, 3.05) is 26.8 Å². The molecule has 216 valence electrons. The van der Waals surface area contributed by atoms with Crippen molar-refractivity contribution in [3.05, 3.63) is 47.3 Å². The second kappa shape index (κ2) is 14.1. The van der Waals surface area contributed by atoms with Gasteiger partial charge >= 0.3 is 12.1 Å². The monoisotopic (exact) mass is 580 g/mol. The maximum atomic E-state index is 12.6. The molecule has 0 bridgehead atoms. The van der Waals surface area contributed by atoms with Gasteiger partial charge in [0.2, 0.25) is 0 Å². The highest BCUT2D eigenvalue weighted by Gasteiger charge is 2.28. The zero-order valence-corrected chi connectivity index (χ0v) is 24.8. The summed E-state index contributed by atoms with van der Waals surface area (Å²) in [6, 6.07) is 9.38. The van der Waals surface area contributed by atoms with E-state index in [2.05, 4.69) is 4.72 Å². The average Bonchev–Trinajstić information content (AvgIpc) is 3.44. The van der Waals surface area contributed by atoms with Crippen LogP contribution in [0.5, 0.6) is 5.75 Å². The first-order valence-electron chi connectivity index (χ1n) is 13.3. The van der Waals surface area contributed by atoms with Crippen LogP contribution in [0.4, 0.5) is 4.79 Å². The number of carbonyl (C=O) groups excluding carboxylic acids is 2. The Morgan fingerprint density at radius 1 is 1.10 bits per heavy atom. The van der Waals surface area contributed by atoms with Crippen LogP contribution in [-0.2, 0) is 30.7 Å². The van der Waals surface area contributed by atoms with Crippen LogP contribution in [0, 0.1) is 5.92 Å². The number of nitrogens with zero attached hydrogens (tertiary/aromatic N) is 1. The highest BCUT2D eigenvalue weighted by molar-refractivity contribution is 7.91. The molecule has 2 aromatic rings. The number of esters is 1. The Bertz CT molecular complexity index is 1150. The summed E-state index contributed by atoms with van der Waals surface area (Å²) in [7, 11) is -2.58. The van der Waals surface area contributed by atoms with Crippen LogP contribution in [0.1, 0.15) is 58.4 Å². The molecule has 1 aromatic heterocycles. The van der Waals surface area contributed by atoms with Gasteiger partial charge in [-0.1, -0.05) is 24.6 Å². The Morgan fingerprint density at radius 2 is 1.79 bits per heavy atom. The molecular weight excluding hydrogens is 540 g/mol. The molecular formula is C28H40N2O7S2. The van der Waals surface area contributed by atoms with E-state index in [1.165, 1.54) is 13.2 Å². The second-order valence-electron chi connectivity index (χ2n) is 10.7. The Morgan fingerprint density at radius 3 is 2.38 bits per heavy atom. The van der Waals surface area contributed by atoms with E-state index in [-0.39, 0.29) is 16.7 Å². The summed E-state index contributed by atoms with van der Waals surface area (Å²) in [5.41, 5.74) is 0.314. The standard InChI is InChI=1S/C28H40N2O7S2/c1-28(2,3)37-27(32)30-16-14-21(15-17-30)8-5-6-18-36-23-12-10-22(11-13-23)20-24(26(31)35-4)29-39(33,34)25-9-7-19-38-25/h7,9-13,19,21,24,29H,5-6,8,14-18,20H2,1-4H3/t24-/m0/s1. The van der Waals surface area contributed by atoms with Crippen LogP contribution in [0.15, 0.2) is 46.0 Å². The third-order valence-electron chi connectivity index (χ3n) is 6.45. The molecule has 11 heteroatoms. The van der Waals surface area contributed by atoms with Crippen molar-refractivity contribution in [2.24, 2.45) is 5.92 Å². The summed E-state index contributed by atoms with van der Waals surface area (Å²) < 4.78 is 43.9. The number of carbonyl (C=O) groups is 2. The molecule has 1 N–H and O–H groups in total. The molecule has 1 aliphatic heterocycles. The molecule has 1 fully saturated rings. The molecule has 1 saturated heterocycles. The maximum Gasteiger partial charge on any atom is 0.410 e. The smallest absolute Gasteiger partial charge is 0.410 e. The molecule has 0 unspecified atom stereocenters. The van der Waals surface area contributed by atoms with E-state index in [1.54, 1.807) is 16.3 Å². The van der Waals surface area contributed by atoms with Crippen LogP contribution in [0.25, 0.3) is 0 Å². The molecule has 0 aliphatic carbocycles. The topological polar surface area (TPSA) is 111 Å². The Hall–Kier alpha value is -2.63. The van der Waals surface area contributed by atoms with Crippen molar-refractivity contribution in [2.45, 2.75) is 75.1 Å². The van der Waals surface area contributed by atoms with Gasteiger partial charge < -0.3 is 19.1 Å². The SMILES string of the molecule is COC(=O)[C@H](Cc1ccc(OCCCCC2CCN(C(=O)OC(C)(C)C)CC2)cc1)NS(=O)(=O)c1cccs1. The van der Waals surface area contributed by atoms with Gasteiger partial charge in [0.15, 0.2) is 0 Å². The van der Waals surface area contributed by atoms with Crippen LogP contribution in [-0.4, -0.2) is 63.8 Å². The van der Waals surface area contributed by atoms with E-state index < -0.39 is 27.6 Å². The molecule has 1 amide bonds. The average molecular weight is 581 g/mol. The van der Waals surface area contributed by atoms with E-state index in [9.17, 15) is 18.0 Å². The number of benzene rings is 1. The summed E-state index contributed by atoms with van der Waals surface area (Å²) in [6.07, 6.45) is 5.03. The lowest BCUT2D eigenvalue weighted by atomic mass is 9.92. The molecule has 0 saturated carbocycles. The van der Waals surface area contributed by atoms with Crippen molar-refractivity contribution >= 4 is 33.4 Å². The number of unbranched alkanes of at least 4 members (excludes halogenated alkanes) is 1. The fourth-order valence-electron chi connectivity index (χ4n) is 4.39. The number of sulfonamides is 1. The van der Waals surface area contributed by atoms with Gasteiger partial charge in [0.1, 0.15) is 21.6 Å². The van der Waals surface area contributed by atoms with Gasteiger partial charge in [0.05, 0.1) is 13.7 Å². The number of nitrogens with one attached hydrogen (secondary N) is 1. The minimum atomic E-state index is -3.82. The zero-order chi connectivity index (χ0) is 28.5. The second-order valence-corrected chi connectivity index (χ2v) is 13.6. The quantitative estimate of drug-likeness (QED) is 0.278. The van der Waals surface area contributed by atoms with Gasteiger partial charge in [-0.2, -0.15) is 4.72 Å². The van der Waals surface area contributed by atoms with Gasteiger partial charge in [-0.25, -0.2) is 13.2 Å². The largest absolute Gasteiger partial charge is 0.494 e. The number of amides is 1. The fraction of sp³-hybridized carbons (Fsp3) is 0.571. The first-order valence-corrected chi connectivity index (χ1v) is 15.7. The zero-order valence-electron chi connectivity index (χ0n) is 23.2. The first kappa shape index (κ1) is 30.9. The van der Waals surface area contributed by atoms with Crippen molar-refractivity contribution in [3.63, 3.8) is 0 Å². The Kier molecular flexibility index (Phi) is 11.2. The molecule has 2 heterocycles. The molecule has 0 spiro atoms. The van der Waals surface area contributed by atoms with Crippen LogP contribution >= 0.6 is 11.3 Å². The number of piperidine rings is 1. The lowest BCUT2D eigenvalue weighted by Crippen LogP contribution is -2.42. The van der Waals surface area contributed by atoms with Crippen molar-refractivity contribution in [1.29, 1.82) is 0 Å². The van der Waals surface area contributed by atoms with Crippen molar-refractivity contribution in [3.8, 4) is 5.75 Å². The Balaban J connectivity index is 1.37. The molecule has 1 aliphatic rings. The molecule has 3 rings (SSSR count). The van der Waals surface area contributed by atoms with E-state index in [1.807, 2.05) is 45.0 Å². The third-order valence-corrected chi connectivity index (χ3v) is 9.32. The fourth-order valence-corrected chi connectivity index (χ4v) is 6.58. The lowest BCUT2D eigenvalue weighted by Gasteiger charge is -2.33. The molecule has 1 atom stereocenters. The minimum absolute atomic E-state index is 0.145. The minimum Gasteiger partial charge on any atom is -0.494 e. The predicted molar refractivity (Wildman–Crippen MR) is 150 cm³/mol. The maximum absolute atomic E-state index is 12.6. The van der Waals surface area contributed by atoms with E-state index in [0.717, 1.165) is 67.8 Å². The van der Waals surface area contributed by atoms with E-state index in [0.29, 0.717) is 12.5 Å². The van der Waals surface area contributed by atoms with Gasteiger partial charge in [-0.3, -0.25) is 4.79 Å². The number of methoxy groups -OCH3 is 1. The summed E-state index contributed by atoms with van der Waals surface area (Å²) in [5.74, 6) is 0.687. The Labute approximate surface area is 235 Å². The summed E-state index contributed by atoms with van der Waals surface area (Å²) in [4.78, 5) is 26.3. The van der Waals surface area contributed by atoms with Crippen molar-refractivity contribution in [1.82, 2.24) is 9.62 Å². The molecule has 0 radical (unpaired) electrons. The molecule has 9 nitrogen and oxygen atoms in total. The number of hydrogen-bond acceptors (Lipinski definition) is 8. The summed E-state index contributed by atoms with van der Waals surface area (Å²) in [5, 5.41) is 1.66. The lowest BCUT2D eigenvalue weighted by molar-refractivity contribution is -0.142. The number of ether oxygens (including phenoxy) is 3. The third kappa shape index (κ3) is 10.1. The van der Waals surface area contributed by atoms with Crippen LogP contribution < -0.4 is 9.46 Å². The summed E-state index contributed by atoms with van der Waals surface area (Å²) >= 11 is 1.08. The summed E-state index contributed by atoms with van der Waals surface area (Å²) in [6.45, 7) is 7.74. The first-order chi connectivity index (χ1) is 18.5. The van der Waals surface area contributed by atoms with Gasteiger partial charge in [0.25, 0.3) is 10.0 Å². The highest BCUT2D eigenvalue weighted by Crippen LogP contribution is 2.24. The van der Waals surface area contributed by atoms with Crippen molar-refractivity contribution < 1.29 is 32.2 Å². The molecule has 1 aromatic carbocycles. The normalized spacial score (nSPS) is 15.5. The van der Waals surface area contributed by atoms with Gasteiger partial charge in [-0.15, -0.1) is 11.3 Å². The van der Waals surface area contributed by atoms with Gasteiger partial charge in [-0.05, 0) is 87.9 Å². The highest BCUT2D eigenvalue weighted by atomic mass is 32.2. The van der Waals surface area contributed by atoms with Crippen LogP contribution in [0.3, 0.4) is 0 Å². The van der Waals surface area contributed by atoms with E-state index in [4.69, 9.17) is 14.2 Å². The van der Waals surface area contributed by atoms with Crippen LogP contribution in [0.2, 0.25) is 0 Å². The predicted octanol–water partition coefficient (Wildman–Crippen LogP) is 5.01. The number of hydrogen-bond donors (Lipinski definition) is 1.